The quantitative estimate of drug-likeness (QED) is 0.155. The van der Waals surface area contributed by atoms with Crippen LogP contribution in [0.4, 0.5) is 0 Å². The van der Waals surface area contributed by atoms with Gasteiger partial charge in [-0.05, 0) is 126 Å². The van der Waals surface area contributed by atoms with Gasteiger partial charge in [0.2, 0.25) is 0 Å². The molecule has 0 amide bonds. The number of carbonyl (C=O) groups excluding carboxylic acids is 2. The molecule has 2 aromatic heterocycles. The summed E-state index contributed by atoms with van der Waals surface area (Å²) in [6.45, 7) is 27.6. The molecule has 0 saturated heterocycles. The van der Waals surface area contributed by atoms with E-state index in [0.717, 1.165) is 85.4 Å². The SMILES string of the molecule is C=CC[C@H](C)OC(=O)Cc1c(C)[nH]c(C=C2N=C(C)C(CC3=C(C)/C(=C/c4[nH]c(C)c(CC(=O)O[C@@H](C)CC=C)c4C)N=C3C)=C2C)c1C. The second-order valence-electron chi connectivity index (χ2n) is 13.4. The van der Waals surface area contributed by atoms with E-state index in [1.54, 1.807) is 12.2 Å². The number of nitrogens with zero attached hydrogens (tertiary/aromatic N) is 2. The average Bonchev–Trinajstić information content (AvgIpc) is 3.63. The smallest absolute Gasteiger partial charge is 0.310 e. The van der Waals surface area contributed by atoms with Crippen molar-refractivity contribution in [1.82, 2.24) is 9.97 Å². The Hall–Kier alpha value is -4.72. The van der Waals surface area contributed by atoms with Gasteiger partial charge in [0.25, 0.3) is 0 Å². The molecule has 0 saturated carbocycles. The lowest BCUT2D eigenvalue weighted by Gasteiger charge is -2.11. The monoisotopic (exact) mass is 664 g/mol. The molecule has 2 aliphatic rings. The molecular formula is C41H52N4O4. The fraction of sp³-hybridized carbons (Fsp3) is 0.415. The number of ether oxygens (including phenoxy) is 2. The van der Waals surface area contributed by atoms with Crippen molar-refractivity contribution in [2.24, 2.45) is 9.98 Å². The molecule has 2 aromatic rings. The standard InChI is InChI=1S/C41H52N4O4/c1-13-15-22(3)48-40(46)18-34-26(7)38(44-30(34)11)20-36-24(5)32(28(9)42-36)17-33-25(6)37(43-29(33)10)21-39-27(8)35(31(12)45-39)19-41(47)49-23(4)16-14-2/h13-14,20-23,44-45H,1-2,15-19H2,3-12H3/b36-20-,37-21?/t22-,23-/m0/s1. The lowest BCUT2D eigenvalue weighted by atomic mass is 9.93. The number of rotatable bonds is 14. The molecule has 0 spiro atoms. The number of nitrogens with one attached hydrogen (secondary N) is 2. The summed E-state index contributed by atoms with van der Waals surface area (Å²) in [5.74, 6) is -0.484. The van der Waals surface area contributed by atoms with Crippen molar-refractivity contribution < 1.29 is 19.1 Å². The van der Waals surface area contributed by atoms with Crippen LogP contribution in [0.5, 0.6) is 0 Å². The summed E-state index contributed by atoms with van der Waals surface area (Å²) in [4.78, 5) is 42.1. The molecule has 4 heterocycles. The lowest BCUT2D eigenvalue weighted by Crippen LogP contribution is -2.16. The van der Waals surface area contributed by atoms with Gasteiger partial charge in [0.15, 0.2) is 0 Å². The number of hydrogen-bond donors (Lipinski definition) is 2. The number of H-pyrrole nitrogens is 2. The number of aliphatic imine (C=N–C) groups is 2. The third-order valence-corrected chi connectivity index (χ3v) is 9.61. The molecule has 8 nitrogen and oxygen atoms in total. The van der Waals surface area contributed by atoms with E-state index >= 15 is 0 Å². The molecule has 0 aromatic carbocycles. The maximum absolute atomic E-state index is 12.6. The Morgan fingerprint density at radius 2 is 1.04 bits per heavy atom. The molecule has 49 heavy (non-hydrogen) atoms. The van der Waals surface area contributed by atoms with Crippen LogP contribution in [0.3, 0.4) is 0 Å². The molecule has 0 radical (unpaired) electrons. The second kappa shape index (κ2) is 15.7. The molecule has 2 N–H and O–H groups in total. The highest BCUT2D eigenvalue weighted by molar-refractivity contribution is 6.09. The zero-order chi connectivity index (χ0) is 36.2. The van der Waals surface area contributed by atoms with Gasteiger partial charge < -0.3 is 19.4 Å². The molecule has 2 atom stereocenters. The van der Waals surface area contributed by atoms with Gasteiger partial charge in [-0.15, -0.1) is 13.2 Å². The maximum atomic E-state index is 12.6. The Morgan fingerprint density at radius 3 is 1.39 bits per heavy atom. The maximum Gasteiger partial charge on any atom is 0.310 e. The van der Waals surface area contributed by atoms with Crippen LogP contribution in [0.1, 0.15) is 106 Å². The average molecular weight is 665 g/mol. The van der Waals surface area contributed by atoms with Gasteiger partial charge in [-0.25, -0.2) is 0 Å². The first-order valence-corrected chi connectivity index (χ1v) is 17.1. The van der Waals surface area contributed by atoms with Crippen molar-refractivity contribution in [1.29, 1.82) is 0 Å². The summed E-state index contributed by atoms with van der Waals surface area (Å²) in [5.41, 5.74) is 16.2. The Morgan fingerprint density at radius 1 is 0.673 bits per heavy atom. The van der Waals surface area contributed by atoms with Gasteiger partial charge in [0, 0.05) is 53.5 Å². The van der Waals surface area contributed by atoms with Crippen LogP contribution in [-0.2, 0) is 31.9 Å². The van der Waals surface area contributed by atoms with Crippen LogP contribution >= 0.6 is 0 Å². The topological polar surface area (TPSA) is 109 Å². The van der Waals surface area contributed by atoms with Crippen LogP contribution < -0.4 is 0 Å². The first-order valence-electron chi connectivity index (χ1n) is 17.1. The fourth-order valence-electron chi connectivity index (χ4n) is 6.60. The zero-order valence-electron chi connectivity index (χ0n) is 30.9. The summed E-state index contributed by atoms with van der Waals surface area (Å²) in [7, 11) is 0. The van der Waals surface area contributed by atoms with Gasteiger partial charge >= 0.3 is 11.9 Å². The van der Waals surface area contributed by atoms with Crippen LogP contribution in [0, 0.1) is 27.7 Å². The van der Waals surface area contributed by atoms with Crippen molar-refractivity contribution in [3.05, 3.63) is 104 Å². The summed E-state index contributed by atoms with van der Waals surface area (Å²) < 4.78 is 11.1. The molecular weight excluding hydrogens is 612 g/mol. The van der Waals surface area contributed by atoms with Crippen molar-refractivity contribution in [3.63, 3.8) is 0 Å². The van der Waals surface area contributed by atoms with E-state index in [1.807, 2.05) is 41.5 Å². The van der Waals surface area contributed by atoms with Gasteiger partial charge in [-0.2, -0.15) is 0 Å². The summed E-state index contributed by atoms with van der Waals surface area (Å²) >= 11 is 0. The van der Waals surface area contributed by atoms with Crippen molar-refractivity contribution >= 4 is 35.5 Å². The van der Waals surface area contributed by atoms with Gasteiger partial charge in [-0.3, -0.25) is 19.6 Å². The molecule has 0 bridgehead atoms. The predicted octanol–water partition coefficient (Wildman–Crippen LogP) is 9.03. The zero-order valence-corrected chi connectivity index (χ0v) is 30.9. The van der Waals surface area contributed by atoms with Gasteiger partial charge in [0.1, 0.15) is 12.2 Å². The summed E-state index contributed by atoms with van der Waals surface area (Å²) in [5, 5.41) is 0. The highest BCUT2D eigenvalue weighted by Gasteiger charge is 2.26. The Labute approximate surface area is 291 Å². The molecule has 4 rings (SSSR count). The highest BCUT2D eigenvalue weighted by atomic mass is 16.5. The minimum absolute atomic E-state index is 0.194. The fourth-order valence-corrected chi connectivity index (χ4v) is 6.60. The van der Waals surface area contributed by atoms with Crippen LogP contribution in [0.2, 0.25) is 0 Å². The van der Waals surface area contributed by atoms with E-state index in [9.17, 15) is 9.59 Å². The van der Waals surface area contributed by atoms with Gasteiger partial charge in [0.05, 0.1) is 24.2 Å². The van der Waals surface area contributed by atoms with Crippen molar-refractivity contribution in [2.75, 3.05) is 0 Å². The van der Waals surface area contributed by atoms with Crippen LogP contribution in [0.25, 0.3) is 12.2 Å². The summed E-state index contributed by atoms with van der Waals surface area (Å²) in [6, 6.07) is 0. The Kier molecular flexibility index (Phi) is 11.9. The molecule has 0 aliphatic carbocycles. The number of aromatic amines is 2. The van der Waals surface area contributed by atoms with E-state index in [2.05, 4.69) is 63.0 Å². The second-order valence-corrected chi connectivity index (χ2v) is 13.4. The Balaban J connectivity index is 1.54. The minimum atomic E-state index is -0.242. The Bertz CT molecular complexity index is 1730. The number of esters is 2. The normalized spacial score (nSPS) is 17.5. The largest absolute Gasteiger partial charge is 0.462 e. The van der Waals surface area contributed by atoms with Crippen LogP contribution in [0.15, 0.2) is 69.0 Å². The third kappa shape index (κ3) is 8.48. The van der Waals surface area contributed by atoms with Crippen molar-refractivity contribution in [2.45, 2.75) is 114 Å². The van der Waals surface area contributed by atoms with E-state index in [-0.39, 0.29) is 37.0 Å². The van der Waals surface area contributed by atoms with E-state index in [1.165, 1.54) is 11.1 Å². The van der Waals surface area contributed by atoms with Crippen LogP contribution in [-0.4, -0.2) is 45.5 Å². The number of carbonyl (C=O) groups is 2. The molecule has 2 aliphatic heterocycles. The lowest BCUT2D eigenvalue weighted by molar-refractivity contribution is -0.148. The number of hydrogen-bond acceptors (Lipinski definition) is 6. The minimum Gasteiger partial charge on any atom is -0.462 e. The van der Waals surface area contributed by atoms with Gasteiger partial charge in [-0.1, -0.05) is 12.2 Å². The predicted molar refractivity (Wildman–Crippen MR) is 201 cm³/mol. The molecule has 8 heteroatoms. The molecule has 0 fully saturated rings. The first-order chi connectivity index (χ1) is 23.1. The molecule has 0 unspecified atom stereocenters. The number of aromatic nitrogens is 2. The van der Waals surface area contributed by atoms with E-state index < -0.39 is 0 Å². The summed E-state index contributed by atoms with van der Waals surface area (Å²) in [6.07, 6.45) is 9.70. The number of allylic oxidation sites excluding steroid dienone is 4. The highest BCUT2D eigenvalue weighted by Crippen LogP contribution is 2.37. The third-order valence-electron chi connectivity index (χ3n) is 9.61. The van der Waals surface area contributed by atoms with Crippen molar-refractivity contribution in [3.8, 4) is 0 Å². The molecule has 260 valence electrons. The first kappa shape index (κ1) is 37.1. The number of aryl methyl sites for hydroxylation is 2. The van der Waals surface area contributed by atoms with E-state index in [4.69, 9.17) is 19.5 Å². The van der Waals surface area contributed by atoms with E-state index in [0.29, 0.717) is 12.8 Å².